The van der Waals surface area contributed by atoms with E-state index in [-0.39, 0.29) is 29.0 Å². The summed E-state index contributed by atoms with van der Waals surface area (Å²) in [7, 11) is 0. The second-order valence-electron chi connectivity index (χ2n) is 7.04. The number of aromatic amines is 1. The van der Waals surface area contributed by atoms with E-state index in [1.165, 1.54) is 18.3 Å². The van der Waals surface area contributed by atoms with E-state index in [1.54, 1.807) is 0 Å². The normalized spacial score (nSPS) is 23.0. The number of carbonyl (C=O) groups excluding carboxylic acids is 3. The summed E-state index contributed by atoms with van der Waals surface area (Å²) in [5.74, 6) is -1.70. The van der Waals surface area contributed by atoms with Crippen LogP contribution in [-0.4, -0.2) is 35.3 Å². The van der Waals surface area contributed by atoms with Crippen LogP contribution in [-0.2, 0) is 16.0 Å². The van der Waals surface area contributed by atoms with Crippen molar-refractivity contribution in [2.24, 2.45) is 5.92 Å². The lowest BCUT2D eigenvalue weighted by atomic mass is 10.0. The summed E-state index contributed by atoms with van der Waals surface area (Å²) in [5.41, 5.74) is 1.83. The van der Waals surface area contributed by atoms with E-state index in [2.05, 4.69) is 20.9 Å². The van der Waals surface area contributed by atoms with Crippen LogP contribution in [0.2, 0.25) is 0 Å². The monoisotopic (exact) mass is 380 g/mol. The molecule has 1 aromatic carbocycles. The van der Waals surface area contributed by atoms with Gasteiger partial charge in [-0.1, -0.05) is 24.3 Å². The fourth-order valence-electron chi connectivity index (χ4n) is 3.85. The summed E-state index contributed by atoms with van der Waals surface area (Å²) in [5, 5.41) is 8.52. The number of pyridine rings is 1. The van der Waals surface area contributed by atoms with Gasteiger partial charge < -0.3 is 20.9 Å². The van der Waals surface area contributed by atoms with Gasteiger partial charge in [0.05, 0.1) is 12.1 Å². The molecule has 28 heavy (non-hydrogen) atoms. The molecule has 4 rings (SSSR count). The summed E-state index contributed by atoms with van der Waals surface area (Å²) < 4.78 is 0. The minimum atomic E-state index is -0.701. The van der Waals surface area contributed by atoms with Crippen LogP contribution in [0.25, 0.3) is 0 Å². The predicted octanol–water partition coefficient (Wildman–Crippen LogP) is 0.0230. The summed E-state index contributed by atoms with van der Waals surface area (Å²) in [6, 6.07) is 9.58. The molecule has 1 saturated heterocycles. The molecule has 2 heterocycles. The summed E-state index contributed by atoms with van der Waals surface area (Å²) in [4.78, 5) is 51.0. The van der Waals surface area contributed by atoms with Crippen molar-refractivity contribution in [2.45, 2.75) is 24.9 Å². The van der Waals surface area contributed by atoms with Gasteiger partial charge in [-0.05, 0) is 30.0 Å². The second kappa shape index (κ2) is 7.30. The smallest absolute Gasteiger partial charge is 0.252 e. The molecule has 2 aromatic rings. The molecule has 3 amide bonds. The molecule has 0 spiro atoms. The Hall–Kier alpha value is -3.42. The molecule has 8 nitrogen and oxygen atoms in total. The molecular weight excluding hydrogens is 360 g/mol. The maximum absolute atomic E-state index is 12.7. The number of amides is 3. The van der Waals surface area contributed by atoms with Crippen LogP contribution in [0, 0.1) is 5.92 Å². The van der Waals surface area contributed by atoms with Gasteiger partial charge in [0.15, 0.2) is 0 Å². The third kappa shape index (κ3) is 3.40. The van der Waals surface area contributed by atoms with Crippen molar-refractivity contribution in [3.63, 3.8) is 0 Å². The average molecular weight is 380 g/mol. The SMILES string of the molecule is O=C(N[C@@H]1c2ccccc2C[C@H]1NC(=O)C1CCNC1=O)c1cc[nH]c(=O)c1. The van der Waals surface area contributed by atoms with Crippen LogP contribution in [0.15, 0.2) is 47.4 Å². The van der Waals surface area contributed by atoms with Gasteiger partial charge in [-0.15, -0.1) is 0 Å². The molecule has 1 aromatic heterocycles. The van der Waals surface area contributed by atoms with Gasteiger partial charge in [-0.3, -0.25) is 19.2 Å². The first kappa shape index (κ1) is 18.0. The van der Waals surface area contributed by atoms with Gasteiger partial charge >= 0.3 is 0 Å². The molecule has 1 aliphatic carbocycles. The standard InChI is InChI=1S/C20H20N4O4/c25-16-10-12(5-7-21-16)18(26)24-17-13-4-2-1-3-11(13)9-15(17)23-20(28)14-6-8-22-19(14)27/h1-5,7,10,14-15,17H,6,8-9H2,(H,21,25)(H,22,27)(H,23,28)(H,24,26)/t14?,15-,17-/m1/s1. The molecule has 4 N–H and O–H groups in total. The van der Waals surface area contributed by atoms with Crippen LogP contribution in [0.3, 0.4) is 0 Å². The molecule has 144 valence electrons. The predicted molar refractivity (Wildman–Crippen MR) is 100 cm³/mol. The first-order valence-electron chi connectivity index (χ1n) is 9.18. The van der Waals surface area contributed by atoms with Crippen LogP contribution >= 0.6 is 0 Å². The Bertz CT molecular complexity index is 999. The molecule has 3 atom stereocenters. The van der Waals surface area contributed by atoms with E-state index in [9.17, 15) is 19.2 Å². The summed E-state index contributed by atoms with van der Waals surface area (Å²) >= 11 is 0. The molecule has 1 fully saturated rings. The zero-order valence-corrected chi connectivity index (χ0v) is 15.0. The molecule has 0 radical (unpaired) electrons. The lowest BCUT2D eigenvalue weighted by molar-refractivity contribution is -0.133. The Kier molecular flexibility index (Phi) is 4.68. The minimum Gasteiger partial charge on any atom is -0.355 e. The highest BCUT2D eigenvalue weighted by Crippen LogP contribution is 2.32. The van der Waals surface area contributed by atoms with Gasteiger partial charge in [-0.25, -0.2) is 0 Å². The lowest BCUT2D eigenvalue weighted by Crippen LogP contribution is -2.47. The zero-order valence-electron chi connectivity index (χ0n) is 15.0. The first-order chi connectivity index (χ1) is 13.5. The number of benzene rings is 1. The van der Waals surface area contributed by atoms with Crippen LogP contribution < -0.4 is 21.5 Å². The van der Waals surface area contributed by atoms with Crippen LogP contribution in [0.5, 0.6) is 0 Å². The van der Waals surface area contributed by atoms with Gasteiger partial charge in [0.2, 0.25) is 17.4 Å². The Morgan fingerprint density at radius 2 is 1.89 bits per heavy atom. The summed E-state index contributed by atoms with van der Waals surface area (Å²) in [6.45, 7) is 0.491. The molecular formula is C20H20N4O4. The van der Waals surface area contributed by atoms with Crippen molar-refractivity contribution in [3.05, 3.63) is 69.6 Å². The summed E-state index contributed by atoms with van der Waals surface area (Å²) in [6.07, 6.45) is 2.43. The van der Waals surface area contributed by atoms with Crippen molar-refractivity contribution in [2.75, 3.05) is 6.54 Å². The van der Waals surface area contributed by atoms with Crippen LogP contribution in [0.1, 0.15) is 33.9 Å². The average Bonchev–Trinajstić information content (AvgIpc) is 3.25. The maximum atomic E-state index is 12.7. The largest absolute Gasteiger partial charge is 0.355 e. The minimum absolute atomic E-state index is 0.244. The Morgan fingerprint density at radius 3 is 2.64 bits per heavy atom. The van der Waals surface area contributed by atoms with Crippen molar-refractivity contribution < 1.29 is 14.4 Å². The number of hydrogen-bond acceptors (Lipinski definition) is 4. The van der Waals surface area contributed by atoms with E-state index >= 15 is 0 Å². The van der Waals surface area contributed by atoms with Gasteiger partial charge in [0.25, 0.3) is 5.91 Å². The first-order valence-corrected chi connectivity index (χ1v) is 9.18. The topological polar surface area (TPSA) is 120 Å². The number of fused-ring (bicyclic) bond motifs is 1. The highest BCUT2D eigenvalue weighted by Gasteiger charge is 2.38. The highest BCUT2D eigenvalue weighted by atomic mass is 16.2. The Labute approximate surface area is 160 Å². The number of nitrogens with one attached hydrogen (secondary N) is 4. The van der Waals surface area contributed by atoms with E-state index in [0.717, 1.165) is 11.1 Å². The number of H-pyrrole nitrogens is 1. The highest BCUT2D eigenvalue weighted by molar-refractivity contribution is 6.01. The number of hydrogen-bond donors (Lipinski definition) is 4. The molecule has 0 saturated carbocycles. The number of carbonyl (C=O) groups is 3. The third-order valence-electron chi connectivity index (χ3n) is 5.25. The Morgan fingerprint density at radius 1 is 1.07 bits per heavy atom. The van der Waals surface area contributed by atoms with Gasteiger partial charge in [0.1, 0.15) is 5.92 Å². The second-order valence-corrected chi connectivity index (χ2v) is 7.04. The van der Waals surface area contributed by atoms with E-state index in [4.69, 9.17) is 0 Å². The van der Waals surface area contributed by atoms with E-state index in [0.29, 0.717) is 19.4 Å². The zero-order chi connectivity index (χ0) is 19.7. The van der Waals surface area contributed by atoms with Crippen molar-refractivity contribution in [1.82, 2.24) is 20.9 Å². The van der Waals surface area contributed by atoms with Gasteiger partial charge in [-0.2, -0.15) is 0 Å². The molecule has 0 bridgehead atoms. The molecule has 2 aliphatic rings. The van der Waals surface area contributed by atoms with Crippen molar-refractivity contribution in [3.8, 4) is 0 Å². The fourth-order valence-corrected chi connectivity index (χ4v) is 3.85. The maximum Gasteiger partial charge on any atom is 0.252 e. The fraction of sp³-hybridized carbons (Fsp3) is 0.300. The Balaban J connectivity index is 1.56. The van der Waals surface area contributed by atoms with E-state index < -0.39 is 17.9 Å². The molecule has 8 heteroatoms. The van der Waals surface area contributed by atoms with Gasteiger partial charge in [0, 0.05) is 24.4 Å². The molecule has 1 unspecified atom stereocenters. The number of aromatic nitrogens is 1. The van der Waals surface area contributed by atoms with E-state index in [1.807, 2.05) is 24.3 Å². The quantitative estimate of drug-likeness (QED) is 0.559. The van der Waals surface area contributed by atoms with Crippen molar-refractivity contribution in [1.29, 1.82) is 0 Å². The lowest BCUT2D eigenvalue weighted by Gasteiger charge is -2.24. The van der Waals surface area contributed by atoms with Crippen molar-refractivity contribution >= 4 is 17.7 Å². The van der Waals surface area contributed by atoms with Crippen LogP contribution in [0.4, 0.5) is 0 Å². The molecule has 1 aliphatic heterocycles. The third-order valence-corrected chi connectivity index (χ3v) is 5.25. The number of rotatable bonds is 4.